The van der Waals surface area contributed by atoms with Crippen molar-refractivity contribution in [2.24, 2.45) is 0 Å². The number of carbonyl (C=O) groups excluding carboxylic acids is 2. The average Bonchev–Trinajstić information content (AvgIpc) is 2.76. The SMILES string of the molecule is CCC(=O)Nc1ccc(C)c(C(=O)c2ccc(Nc3ccc(F)cc3F)cc2CI)c1. The highest BCUT2D eigenvalue weighted by Gasteiger charge is 2.17. The number of hydrogen-bond donors (Lipinski definition) is 2. The van der Waals surface area contributed by atoms with Gasteiger partial charge in [0, 0.05) is 39.4 Å². The lowest BCUT2D eigenvalue weighted by molar-refractivity contribution is -0.115. The Balaban J connectivity index is 1.91. The van der Waals surface area contributed by atoms with E-state index in [4.69, 9.17) is 0 Å². The summed E-state index contributed by atoms with van der Waals surface area (Å²) in [5.74, 6) is -1.63. The summed E-state index contributed by atoms with van der Waals surface area (Å²) < 4.78 is 27.6. The fraction of sp³-hybridized carbons (Fsp3) is 0.167. The molecule has 0 saturated carbocycles. The third-order valence-corrected chi connectivity index (χ3v) is 5.61. The predicted octanol–water partition coefficient (Wildman–Crippen LogP) is 6.53. The molecule has 7 heteroatoms. The van der Waals surface area contributed by atoms with Crippen molar-refractivity contribution in [2.45, 2.75) is 24.7 Å². The van der Waals surface area contributed by atoms with Crippen molar-refractivity contribution in [1.82, 2.24) is 0 Å². The molecule has 160 valence electrons. The van der Waals surface area contributed by atoms with E-state index in [9.17, 15) is 18.4 Å². The largest absolute Gasteiger partial charge is 0.353 e. The molecule has 31 heavy (non-hydrogen) atoms. The van der Waals surface area contributed by atoms with E-state index < -0.39 is 11.6 Å². The van der Waals surface area contributed by atoms with Crippen LogP contribution in [-0.2, 0) is 9.22 Å². The number of amides is 1. The van der Waals surface area contributed by atoms with Gasteiger partial charge in [-0.3, -0.25) is 9.59 Å². The van der Waals surface area contributed by atoms with Crippen molar-refractivity contribution in [2.75, 3.05) is 10.6 Å². The molecule has 0 radical (unpaired) electrons. The Kier molecular flexibility index (Phi) is 7.37. The molecule has 0 unspecified atom stereocenters. The summed E-state index contributed by atoms with van der Waals surface area (Å²) in [5, 5.41) is 5.70. The minimum absolute atomic E-state index is 0.126. The Bertz CT molecular complexity index is 1150. The zero-order valence-corrected chi connectivity index (χ0v) is 19.2. The summed E-state index contributed by atoms with van der Waals surface area (Å²) in [6, 6.07) is 13.7. The fourth-order valence-corrected chi connectivity index (χ4v) is 3.72. The van der Waals surface area contributed by atoms with Crippen LogP contribution in [-0.4, -0.2) is 11.7 Å². The van der Waals surface area contributed by atoms with Crippen molar-refractivity contribution in [1.29, 1.82) is 0 Å². The second kappa shape index (κ2) is 10.00. The van der Waals surface area contributed by atoms with Gasteiger partial charge in [0.2, 0.25) is 5.91 Å². The third kappa shape index (κ3) is 5.46. The van der Waals surface area contributed by atoms with Crippen LogP contribution in [0.15, 0.2) is 54.6 Å². The molecule has 0 saturated heterocycles. The Hall–Kier alpha value is -2.81. The first-order valence-corrected chi connectivity index (χ1v) is 11.2. The standard InChI is InChI=1S/C24H21F2IN2O2/c1-3-23(30)29-18-6-4-14(2)20(12-18)24(31)19-8-7-17(10-15(19)13-27)28-22-9-5-16(25)11-21(22)26/h4-12,28H,3,13H2,1-2H3,(H,29,30). The van der Waals surface area contributed by atoms with Gasteiger partial charge in [-0.2, -0.15) is 0 Å². The summed E-state index contributed by atoms with van der Waals surface area (Å²) in [5.41, 5.74) is 3.92. The molecule has 3 aromatic carbocycles. The van der Waals surface area contributed by atoms with Gasteiger partial charge in [0.15, 0.2) is 5.78 Å². The number of benzene rings is 3. The molecule has 3 rings (SSSR count). The van der Waals surface area contributed by atoms with E-state index in [2.05, 4.69) is 33.2 Å². The van der Waals surface area contributed by atoms with Crippen LogP contribution in [0.5, 0.6) is 0 Å². The van der Waals surface area contributed by atoms with E-state index in [1.807, 2.05) is 6.92 Å². The zero-order valence-electron chi connectivity index (χ0n) is 17.1. The molecule has 4 nitrogen and oxygen atoms in total. The lowest BCUT2D eigenvalue weighted by Crippen LogP contribution is -2.12. The molecule has 0 fully saturated rings. The highest BCUT2D eigenvalue weighted by Crippen LogP contribution is 2.27. The van der Waals surface area contributed by atoms with Gasteiger partial charge in [0.1, 0.15) is 11.6 Å². The first-order valence-electron chi connectivity index (χ1n) is 9.68. The molecule has 0 aliphatic rings. The smallest absolute Gasteiger partial charge is 0.224 e. The molecule has 0 heterocycles. The summed E-state index contributed by atoms with van der Waals surface area (Å²) in [4.78, 5) is 25.0. The number of hydrogen-bond acceptors (Lipinski definition) is 3. The summed E-state index contributed by atoms with van der Waals surface area (Å²) in [7, 11) is 0. The number of carbonyl (C=O) groups is 2. The maximum absolute atomic E-state index is 14.0. The molecule has 1 amide bonds. The fourth-order valence-electron chi connectivity index (χ4n) is 3.09. The Morgan fingerprint density at radius 1 is 0.935 bits per heavy atom. The van der Waals surface area contributed by atoms with Crippen LogP contribution < -0.4 is 10.6 Å². The maximum atomic E-state index is 14.0. The topological polar surface area (TPSA) is 58.2 Å². The van der Waals surface area contributed by atoms with Gasteiger partial charge >= 0.3 is 0 Å². The lowest BCUT2D eigenvalue weighted by Gasteiger charge is -2.14. The second-order valence-corrected chi connectivity index (χ2v) is 7.78. The quantitative estimate of drug-likeness (QED) is 0.206. The van der Waals surface area contributed by atoms with E-state index in [1.54, 1.807) is 43.3 Å². The van der Waals surface area contributed by atoms with Crippen LogP contribution in [0.2, 0.25) is 0 Å². The summed E-state index contributed by atoms with van der Waals surface area (Å²) in [6.07, 6.45) is 0.346. The van der Waals surface area contributed by atoms with Crippen LogP contribution in [0.1, 0.15) is 40.4 Å². The Labute approximate surface area is 193 Å². The van der Waals surface area contributed by atoms with E-state index >= 15 is 0 Å². The molecule has 0 atom stereocenters. The number of alkyl halides is 1. The molecule has 0 bridgehead atoms. The average molecular weight is 534 g/mol. The van der Waals surface area contributed by atoms with Crippen molar-refractivity contribution >= 4 is 51.3 Å². The van der Waals surface area contributed by atoms with Gasteiger partial charge in [-0.25, -0.2) is 8.78 Å². The molecule has 0 aliphatic carbocycles. The van der Waals surface area contributed by atoms with Crippen molar-refractivity contribution in [3.63, 3.8) is 0 Å². The van der Waals surface area contributed by atoms with Gasteiger partial charge in [0.25, 0.3) is 0 Å². The second-order valence-electron chi connectivity index (χ2n) is 7.02. The summed E-state index contributed by atoms with van der Waals surface area (Å²) >= 11 is 2.17. The van der Waals surface area contributed by atoms with Gasteiger partial charge in [-0.05, 0) is 60.5 Å². The van der Waals surface area contributed by atoms with Crippen LogP contribution in [0, 0.1) is 18.6 Å². The van der Waals surface area contributed by atoms with Crippen LogP contribution >= 0.6 is 22.6 Å². The van der Waals surface area contributed by atoms with Gasteiger partial charge < -0.3 is 10.6 Å². The number of aryl methyl sites for hydroxylation is 1. The normalized spacial score (nSPS) is 10.6. The van der Waals surface area contributed by atoms with Crippen molar-refractivity contribution in [3.8, 4) is 0 Å². The maximum Gasteiger partial charge on any atom is 0.224 e. The highest BCUT2D eigenvalue weighted by atomic mass is 127. The summed E-state index contributed by atoms with van der Waals surface area (Å²) in [6.45, 7) is 3.60. The van der Waals surface area contributed by atoms with Crippen molar-refractivity contribution < 1.29 is 18.4 Å². The third-order valence-electron chi connectivity index (χ3n) is 4.79. The first kappa shape index (κ1) is 22.9. The molecule has 0 spiro atoms. The van der Waals surface area contributed by atoms with Crippen LogP contribution in [0.25, 0.3) is 0 Å². The molecular weight excluding hydrogens is 513 g/mol. The number of ketones is 1. The molecule has 0 aliphatic heterocycles. The van der Waals surface area contributed by atoms with Crippen LogP contribution in [0.3, 0.4) is 0 Å². The minimum atomic E-state index is -0.697. The number of nitrogens with one attached hydrogen (secondary N) is 2. The number of anilines is 3. The minimum Gasteiger partial charge on any atom is -0.353 e. The van der Waals surface area contributed by atoms with Crippen LogP contribution in [0.4, 0.5) is 25.8 Å². The first-order chi connectivity index (χ1) is 14.8. The Morgan fingerprint density at radius 3 is 2.35 bits per heavy atom. The predicted molar refractivity (Wildman–Crippen MR) is 127 cm³/mol. The molecule has 2 N–H and O–H groups in total. The molecule has 3 aromatic rings. The highest BCUT2D eigenvalue weighted by molar-refractivity contribution is 14.1. The van der Waals surface area contributed by atoms with E-state index in [0.29, 0.717) is 33.4 Å². The molecule has 0 aromatic heterocycles. The number of halogens is 3. The Morgan fingerprint density at radius 2 is 1.68 bits per heavy atom. The van der Waals surface area contributed by atoms with Crippen molar-refractivity contribution in [3.05, 3.63) is 88.5 Å². The number of rotatable bonds is 7. The van der Waals surface area contributed by atoms with Gasteiger partial charge in [0.05, 0.1) is 5.69 Å². The monoisotopic (exact) mass is 534 g/mol. The van der Waals surface area contributed by atoms with E-state index in [1.165, 1.54) is 12.1 Å². The van der Waals surface area contributed by atoms with E-state index in [-0.39, 0.29) is 17.4 Å². The van der Waals surface area contributed by atoms with E-state index in [0.717, 1.165) is 17.2 Å². The van der Waals surface area contributed by atoms with Gasteiger partial charge in [-0.15, -0.1) is 0 Å². The van der Waals surface area contributed by atoms with Gasteiger partial charge in [-0.1, -0.05) is 35.6 Å². The zero-order chi connectivity index (χ0) is 22.5. The molecular formula is C24H21F2IN2O2. The lowest BCUT2D eigenvalue weighted by atomic mass is 9.95.